The molecule has 5 heteroatoms. The van der Waals surface area contributed by atoms with Gasteiger partial charge in [0.05, 0.1) is 5.92 Å². The van der Waals surface area contributed by atoms with Crippen molar-refractivity contribution in [2.24, 2.45) is 5.92 Å². The maximum Gasteiger partial charge on any atom is 0.233 e. The van der Waals surface area contributed by atoms with Gasteiger partial charge in [-0.15, -0.1) is 0 Å². The third-order valence-electron chi connectivity index (χ3n) is 4.75. The summed E-state index contributed by atoms with van der Waals surface area (Å²) in [6.07, 6.45) is 7.11. The third kappa shape index (κ3) is 3.27. The van der Waals surface area contributed by atoms with E-state index in [1.807, 2.05) is 4.90 Å². The van der Waals surface area contributed by atoms with Gasteiger partial charge in [0.15, 0.2) is 5.82 Å². The SMILES string of the molecule is CC(C)c1noc(C2CN(C(=O)CC3CCCCC3)C2)n1. The van der Waals surface area contributed by atoms with E-state index in [1.54, 1.807) is 0 Å². The van der Waals surface area contributed by atoms with Gasteiger partial charge in [-0.25, -0.2) is 0 Å². The van der Waals surface area contributed by atoms with Crippen LogP contribution < -0.4 is 0 Å². The predicted octanol–water partition coefficient (Wildman–Crippen LogP) is 3.09. The minimum Gasteiger partial charge on any atom is -0.341 e. The smallest absolute Gasteiger partial charge is 0.233 e. The van der Waals surface area contributed by atoms with Crippen molar-refractivity contribution in [3.8, 4) is 0 Å². The fraction of sp³-hybridized carbons (Fsp3) is 0.812. The van der Waals surface area contributed by atoms with Gasteiger partial charge < -0.3 is 9.42 Å². The lowest BCUT2D eigenvalue weighted by atomic mass is 9.86. The summed E-state index contributed by atoms with van der Waals surface area (Å²) in [6.45, 7) is 5.58. The molecule has 1 aliphatic carbocycles. The van der Waals surface area contributed by atoms with Crippen molar-refractivity contribution < 1.29 is 9.32 Å². The van der Waals surface area contributed by atoms with Crippen LogP contribution in [0.3, 0.4) is 0 Å². The van der Waals surface area contributed by atoms with Crippen LogP contribution in [0.4, 0.5) is 0 Å². The van der Waals surface area contributed by atoms with Crippen LogP contribution in [0.25, 0.3) is 0 Å². The highest BCUT2D eigenvalue weighted by Crippen LogP contribution is 2.31. The second-order valence-electron chi connectivity index (χ2n) is 6.85. The number of likely N-dealkylation sites (tertiary alicyclic amines) is 1. The van der Waals surface area contributed by atoms with E-state index >= 15 is 0 Å². The molecule has 1 aliphatic heterocycles. The number of amides is 1. The van der Waals surface area contributed by atoms with E-state index in [0.717, 1.165) is 25.3 Å². The molecule has 0 N–H and O–H groups in total. The summed E-state index contributed by atoms with van der Waals surface area (Å²) >= 11 is 0. The minimum atomic E-state index is 0.236. The van der Waals surface area contributed by atoms with Gasteiger partial charge in [-0.3, -0.25) is 4.79 Å². The molecular weight excluding hydrogens is 266 g/mol. The standard InChI is InChI=1S/C16H25N3O2/c1-11(2)15-17-16(21-18-15)13-9-19(10-13)14(20)8-12-6-4-3-5-7-12/h11-13H,3-10H2,1-2H3. The van der Waals surface area contributed by atoms with Gasteiger partial charge in [-0.05, 0) is 18.8 Å². The number of carbonyl (C=O) groups excluding carboxylic acids is 1. The second kappa shape index (κ2) is 6.16. The van der Waals surface area contributed by atoms with Gasteiger partial charge in [0.1, 0.15) is 0 Å². The topological polar surface area (TPSA) is 59.2 Å². The van der Waals surface area contributed by atoms with Crippen LogP contribution in [0.5, 0.6) is 0 Å². The molecule has 0 atom stereocenters. The van der Waals surface area contributed by atoms with Gasteiger partial charge in [0, 0.05) is 25.4 Å². The zero-order chi connectivity index (χ0) is 14.8. The lowest BCUT2D eigenvalue weighted by Gasteiger charge is -2.38. The summed E-state index contributed by atoms with van der Waals surface area (Å²) in [5, 5.41) is 3.99. The lowest BCUT2D eigenvalue weighted by Crippen LogP contribution is -2.49. The van der Waals surface area contributed by atoms with Crippen LogP contribution in [-0.2, 0) is 4.79 Å². The average Bonchev–Trinajstić information content (AvgIpc) is 2.88. The molecule has 1 saturated carbocycles. The Bertz CT molecular complexity index is 485. The number of carbonyl (C=O) groups is 1. The Kier molecular flexibility index (Phi) is 4.27. The molecule has 0 aromatic carbocycles. The summed E-state index contributed by atoms with van der Waals surface area (Å²) in [6, 6.07) is 0. The van der Waals surface area contributed by atoms with Crippen LogP contribution in [0.15, 0.2) is 4.52 Å². The van der Waals surface area contributed by atoms with Gasteiger partial charge in [0.2, 0.25) is 11.8 Å². The Morgan fingerprint density at radius 3 is 2.62 bits per heavy atom. The summed E-state index contributed by atoms with van der Waals surface area (Å²) in [7, 11) is 0. The zero-order valence-electron chi connectivity index (χ0n) is 13.0. The number of rotatable bonds is 4. The minimum absolute atomic E-state index is 0.236. The van der Waals surface area contributed by atoms with E-state index in [0.29, 0.717) is 17.7 Å². The Labute approximate surface area is 126 Å². The van der Waals surface area contributed by atoms with Crippen molar-refractivity contribution in [1.29, 1.82) is 0 Å². The van der Waals surface area contributed by atoms with Crippen LogP contribution in [0, 0.1) is 5.92 Å². The first kappa shape index (κ1) is 14.5. The first-order valence-electron chi connectivity index (χ1n) is 8.24. The molecule has 0 bridgehead atoms. The Morgan fingerprint density at radius 2 is 2.00 bits per heavy atom. The molecular formula is C16H25N3O2. The van der Waals surface area contributed by atoms with Crippen molar-refractivity contribution in [2.45, 2.75) is 64.2 Å². The highest BCUT2D eigenvalue weighted by atomic mass is 16.5. The largest absolute Gasteiger partial charge is 0.341 e. The molecule has 2 fully saturated rings. The Hall–Kier alpha value is -1.39. The molecule has 1 aromatic heterocycles. The van der Waals surface area contributed by atoms with E-state index < -0.39 is 0 Å². The third-order valence-corrected chi connectivity index (χ3v) is 4.75. The average molecular weight is 291 g/mol. The molecule has 116 valence electrons. The van der Waals surface area contributed by atoms with E-state index in [4.69, 9.17) is 4.52 Å². The fourth-order valence-corrected chi connectivity index (χ4v) is 3.25. The molecule has 21 heavy (non-hydrogen) atoms. The van der Waals surface area contributed by atoms with Crippen molar-refractivity contribution in [3.63, 3.8) is 0 Å². The number of hydrogen-bond donors (Lipinski definition) is 0. The number of hydrogen-bond acceptors (Lipinski definition) is 4. The van der Waals surface area contributed by atoms with Crippen molar-refractivity contribution in [1.82, 2.24) is 15.0 Å². The maximum atomic E-state index is 12.2. The number of aromatic nitrogens is 2. The maximum absolute atomic E-state index is 12.2. The predicted molar refractivity (Wildman–Crippen MR) is 78.9 cm³/mol. The monoisotopic (exact) mass is 291 g/mol. The molecule has 0 spiro atoms. The van der Waals surface area contributed by atoms with Gasteiger partial charge in [-0.2, -0.15) is 4.98 Å². The number of nitrogens with zero attached hydrogens (tertiary/aromatic N) is 3. The molecule has 0 unspecified atom stereocenters. The lowest BCUT2D eigenvalue weighted by molar-refractivity contribution is -0.137. The first-order valence-corrected chi connectivity index (χ1v) is 8.24. The highest BCUT2D eigenvalue weighted by molar-refractivity contribution is 5.77. The molecule has 1 amide bonds. The van der Waals surface area contributed by atoms with Crippen molar-refractivity contribution >= 4 is 5.91 Å². The normalized spacial score (nSPS) is 20.8. The van der Waals surface area contributed by atoms with E-state index in [1.165, 1.54) is 32.1 Å². The molecule has 0 radical (unpaired) electrons. The second-order valence-corrected chi connectivity index (χ2v) is 6.85. The van der Waals surface area contributed by atoms with Gasteiger partial charge in [0.25, 0.3) is 0 Å². The van der Waals surface area contributed by atoms with E-state index in [2.05, 4.69) is 24.0 Å². The van der Waals surface area contributed by atoms with E-state index in [9.17, 15) is 4.79 Å². The Balaban J connectivity index is 1.47. The fourth-order valence-electron chi connectivity index (χ4n) is 3.25. The molecule has 3 rings (SSSR count). The molecule has 1 aromatic rings. The van der Waals surface area contributed by atoms with E-state index in [-0.39, 0.29) is 11.8 Å². The van der Waals surface area contributed by atoms with Gasteiger partial charge >= 0.3 is 0 Å². The Morgan fingerprint density at radius 1 is 1.29 bits per heavy atom. The van der Waals surface area contributed by atoms with Crippen LogP contribution in [0.2, 0.25) is 0 Å². The highest BCUT2D eigenvalue weighted by Gasteiger charge is 2.36. The van der Waals surface area contributed by atoms with Crippen molar-refractivity contribution in [3.05, 3.63) is 11.7 Å². The molecule has 5 nitrogen and oxygen atoms in total. The molecule has 2 heterocycles. The van der Waals surface area contributed by atoms with Crippen LogP contribution >= 0.6 is 0 Å². The summed E-state index contributed by atoms with van der Waals surface area (Å²) in [4.78, 5) is 18.6. The summed E-state index contributed by atoms with van der Waals surface area (Å²) < 4.78 is 5.31. The summed E-state index contributed by atoms with van der Waals surface area (Å²) in [5.41, 5.74) is 0. The van der Waals surface area contributed by atoms with Crippen LogP contribution in [0.1, 0.15) is 75.9 Å². The van der Waals surface area contributed by atoms with Crippen molar-refractivity contribution in [2.75, 3.05) is 13.1 Å². The van der Waals surface area contributed by atoms with Gasteiger partial charge in [-0.1, -0.05) is 38.3 Å². The van der Waals surface area contributed by atoms with Crippen LogP contribution in [-0.4, -0.2) is 34.0 Å². The quantitative estimate of drug-likeness (QED) is 0.855. The first-order chi connectivity index (χ1) is 10.1. The molecule has 2 aliphatic rings. The molecule has 1 saturated heterocycles. The summed E-state index contributed by atoms with van der Waals surface area (Å²) in [5.74, 6) is 2.90. The zero-order valence-corrected chi connectivity index (χ0v) is 13.0.